The second-order valence-electron chi connectivity index (χ2n) is 21.3. The first-order valence-corrected chi connectivity index (χ1v) is 33.3. The van der Waals surface area contributed by atoms with Gasteiger partial charge in [-0.05, 0) is 141 Å². The van der Waals surface area contributed by atoms with Crippen LogP contribution >= 0.6 is 0 Å². The van der Waals surface area contributed by atoms with Crippen LogP contribution in [0, 0.1) is 0 Å². The number of unbranched alkanes of at least 4 members (excludes halogenated alkanes) is 17. The summed E-state index contributed by atoms with van der Waals surface area (Å²) in [5, 5.41) is 0. The van der Waals surface area contributed by atoms with Crippen molar-refractivity contribution in [2.24, 2.45) is 0 Å². The number of ether oxygens (including phenoxy) is 3. The molecule has 0 N–H and O–H groups in total. The lowest BCUT2D eigenvalue weighted by Crippen LogP contribution is -2.30. The molecule has 0 aliphatic heterocycles. The second kappa shape index (κ2) is 69.0. The van der Waals surface area contributed by atoms with Gasteiger partial charge in [0.15, 0.2) is 6.10 Å². The Balaban J connectivity index is 4.27. The van der Waals surface area contributed by atoms with E-state index in [4.69, 9.17) is 14.2 Å². The molecule has 0 fully saturated rings. The number of hydrogen-bond acceptors (Lipinski definition) is 6. The van der Waals surface area contributed by atoms with Crippen LogP contribution < -0.4 is 0 Å². The summed E-state index contributed by atoms with van der Waals surface area (Å²) in [6, 6.07) is 0. The van der Waals surface area contributed by atoms with E-state index in [9.17, 15) is 14.4 Å². The highest BCUT2D eigenvalue weighted by Gasteiger charge is 2.19. The zero-order chi connectivity index (χ0) is 59.9. The van der Waals surface area contributed by atoms with E-state index in [1.54, 1.807) is 0 Å². The summed E-state index contributed by atoms with van der Waals surface area (Å²) in [6.45, 7) is 6.32. The van der Waals surface area contributed by atoms with Crippen LogP contribution in [0.1, 0.15) is 265 Å². The van der Waals surface area contributed by atoms with Crippen LogP contribution in [0.25, 0.3) is 0 Å². The summed E-state index contributed by atoms with van der Waals surface area (Å²) in [4.78, 5) is 38.1. The van der Waals surface area contributed by atoms with E-state index in [2.05, 4.69) is 203 Å². The molecule has 0 aliphatic rings. The lowest BCUT2D eigenvalue weighted by atomic mass is 10.1. The molecule has 0 heterocycles. The molecular formula is C77H120O6. The molecule has 1 atom stereocenters. The maximum atomic E-state index is 12.9. The van der Waals surface area contributed by atoms with Gasteiger partial charge in [-0.25, -0.2) is 0 Å². The minimum absolute atomic E-state index is 0.0995. The molecule has 0 amide bonds. The summed E-state index contributed by atoms with van der Waals surface area (Å²) in [7, 11) is 0. The SMILES string of the molecule is CC/C=C\C/C=C\C/C=C\C/C=C\C/C=C\C/C=C\C/C=C\C/C=C\C/C=C\CCCCCC(=O)OCC(COC(=O)CCCCCCCCC)OC(=O)CCCCCCCCCC/C=C\C/C=C\C/C=C\C/C=C\C/C=C\C/C=C\CC. The molecule has 0 spiro atoms. The first-order valence-electron chi connectivity index (χ1n) is 33.3. The molecule has 0 radical (unpaired) electrons. The van der Waals surface area contributed by atoms with Gasteiger partial charge in [-0.3, -0.25) is 14.4 Å². The second-order valence-corrected chi connectivity index (χ2v) is 21.3. The van der Waals surface area contributed by atoms with Crippen molar-refractivity contribution in [3.63, 3.8) is 0 Å². The molecule has 1 unspecified atom stereocenters. The maximum Gasteiger partial charge on any atom is 0.306 e. The Morgan fingerprint density at radius 3 is 0.747 bits per heavy atom. The van der Waals surface area contributed by atoms with Crippen molar-refractivity contribution in [2.75, 3.05) is 13.2 Å². The highest BCUT2D eigenvalue weighted by Crippen LogP contribution is 2.14. The van der Waals surface area contributed by atoms with Gasteiger partial charge in [-0.2, -0.15) is 0 Å². The van der Waals surface area contributed by atoms with Crippen molar-refractivity contribution >= 4 is 17.9 Å². The standard InChI is InChI=1S/C77H120O6/c1-4-7-10-13-16-18-20-22-24-26-28-30-32-34-36-37-38-39-41-42-44-46-48-50-52-54-56-58-61-64-67-70-76(79)82-73-74(72-81-75(78)69-66-63-60-15-12-9-6-3)83-77(80)71-68-65-62-59-57-55-53-51-49-47-45-43-40-35-33-31-29-27-25-23-21-19-17-14-11-8-5-2/h7-8,10-11,16-19,22-25,28-31,34-36,38-40,42,44-45,47-48,50,54,56,74H,4-6,9,12-15,20-21,26-27,32-33,37,41,43,46,49,51-53,55,57-73H2,1-3H3/b10-7-,11-8-,18-16-,19-17-,24-22-,25-23-,30-28-,31-29-,36-34-,39-38-,40-35-,44-42-,47-45-,50-48-,56-54-. The van der Waals surface area contributed by atoms with E-state index >= 15 is 0 Å². The highest BCUT2D eigenvalue weighted by molar-refractivity contribution is 5.71. The summed E-state index contributed by atoms with van der Waals surface area (Å²) >= 11 is 0. The fourth-order valence-corrected chi connectivity index (χ4v) is 8.50. The van der Waals surface area contributed by atoms with Gasteiger partial charge >= 0.3 is 17.9 Å². The average Bonchev–Trinajstić information content (AvgIpc) is 3.50. The third-order valence-corrected chi connectivity index (χ3v) is 13.4. The van der Waals surface area contributed by atoms with Crippen molar-refractivity contribution in [1.82, 2.24) is 0 Å². The molecule has 464 valence electrons. The van der Waals surface area contributed by atoms with Gasteiger partial charge in [0.25, 0.3) is 0 Å². The van der Waals surface area contributed by atoms with Crippen molar-refractivity contribution < 1.29 is 28.6 Å². The van der Waals surface area contributed by atoms with Crippen LogP contribution in [0.3, 0.4) is 0 Å². The van der Waals surface area contributed by atoms with Crippen molar-refractivity contribution in [1.29, 1.82) is 0 Å². The van der Waals surface area contributed by atoms with E-state index in [0.29, 0.717) is 19.3 Å². The third-order valence-electron chi connectivity index (χ3n) is 13.4. The Hall–Kier alpha value is -5.49. The maximum absolute atomic E-state index is 12.9. The van der Waals surface area contributed by atoms with Gasteiger partial charge in [0.1, 0.15) is 13.2 Å². The monoisotopic (exact) mass is 1140 g/mol. The van der Waals surface area contributed by atoms with Crippen molar-refractivity contribution in [3.05, 3.63) is 182 Å². The molecular weight excluding hydrogens is 1020 g/mol. The van der Waals surface area contributed by atoms with Gasteiger partial charge in [-0.1, -0.05) is 287 Å². The quantitative estimate of drug-likeness (QED) is 0.0261. The minimum Gasteiger partial charge on any atom is -0.462 e. The number of esters is 3. The Bertz CT molecular complexity index is 1940. The normalized spacial score (nSPS) is 13.3. The van der Waals surface area contributed by atoms with Crippen LogP contribution in [0.2, 0.25) is 0 Å². The molecule has 0 saturated heterocycles. The lowest BCUT2D eigenvalue weighted by molar-refractivity contribution is -0.167. The molecule has 0 aromatic rings. The van der Waals surface area contributed by atoms with E-state index in [1.165, 1.54) is 57.8 Å². The summed E-state index contributed by atoms with van der Waals surface area (Å²) in [5.41, 5.74) is 0. The predicted octanol–water partition coefficient (Wildman–Crippen LogP) is 23.2. The van der Waals surface area contributed by atoms with Crippen LogP contribution in [-0.2, 0) is 28.6 Å². The van der Waals surface area contributed by atoms with Gasteiger partial charge < -0.3 is 14.2 Å². The Labute approximate surface area is 510 Å². The molecule has 0 aromatic heterocycles. The van der Waals surface area contributed by atoms with Crippen LogP contribution in [-0.4, -0.2) is 37.2 Å². The number of hydrogen-bond donors (Lipinski definition) is 0. The third kappa shape index (κ3) is 67.2. The summed E-state index contributed by atoms with van der Waals surface area (Å²) in [6.07, 6.45) is 104. The molecule has 0 bridgehead atoms. The zero-order valence-corrected chi connectivity index (χ0v) is 53.1. The van der Waals surface area contributed by atoms with Gasteiger partial charge in [0.2, 0.25) is 0 Å². The largest absolute Gasteiger partial charge is 0.462 e. The Kier molecular flexibility index (Phi) is 64.4. The van der Waals surface area contributed by atoms with E-state index in [0.717, 1.165) is 167 Å². The van der Waals surface area contributed by atoms with Gasteiger partial charge in [-0.15, -0.1) is 0 Å². The van der Waals surface area contributed by atoms with Gasteiger partial charge in [0.05, 0.1) is 0 Å². The zero-order valence-electron chi connectivity index (χ0n) is 53.1. The number of allylic oxidation sites excluding steroid dienone is 30. The van der Waals surface area contributed by atoms with E-state index in [-0.39, 0.29) is 31.1 Å². The molecule has 0 rings (SSSR count). The van der Waals surface area contributed by atoms with Crippen LogP contribution in [0.15, 0.2) is 182 Å². The van der Waals surface area contributed by atoms with Gasteiger partial charge in [0, 0.05) is 19.3 Å². The fourth-order valence-electron chi connectivity index (χ4n) is 8.50. The average molecular weight is 1140 g/mol. The topological polar surface area (TPSA) is 78.9 Å². The number of rotatable bonds is 58. The fraction of sp³-hybridized carbons (Fsp3) is 0.571. The number of carbonyl (C=O) groups excluding carboxylic acids is 3. The highest BCUT2D eigenvalue weighted by atomic mass is 16.6. The summed E-state index contributed by atoms with van der Waals surface area (Å²) < 4.78 is 16.8. The minimum atomic E-state index is -0.805. The smallest absolute Gasteiger partial charge is 0.306 e. The van der Waals surface area contributed by atoms with Crippen molar-refractivity contribution in [2.45, 2.75) is 271 Å². The lowest BCUT2D eigenvalue weighted by Gasteiger charge is -2.18. The molecule has 6 nitrogen and oxygen atoms in total. The first kappa shape index (κ1) is 77.5. The Morgan fingerprint density at radius 1 is 0.253 bits per heavy atom. The first-order chi connectivity index (χ1) is 41.0. The number of carbonyl (C=O) groups is 3. The van der Waals surface area contributed by atoms with Crippen molar-refractivity contribution in [3.8, 4) is 0 Å². The van der Waals surface area contributed by atoms with Crippen LogP contribution in [0.4, 0.5) is 0 Å². The molecule has 0 aromatic carbocycles. The molecule has 0 saturated carbocycles. The van der Waals surface area contributed by atoms with E-state index in [1.807, 2.05) is 0 Å². The molecule has 83 heavy (non-hydrogen) atoms. The Morgan fingerprint density at radius 2 is 0.470 bits per heavy atom. The predicted molar refractivity (Wildman–Crippen MR) is 361 cm³/mol. The van der Waals surface area contributed by atoms with Crippen LogP contribution in [0.5, 0.6) is 0 Å². The van der Waals surface area contributed by atoms with E-state index < -0.39 is 6.10 Å². The summed E-state index contributed by atoms with van der Waals surface area (Å²) in [5.74, 6) is -0.955. The molecule has 0 aliphatic carbocycles. The molecule has 6 heteroatoms.